The van der Waals surface area contributed by atoms with Crippen LogP contribution in [-0.2, 0) is 25.3 Å². The summed E-state index contributed by atoms with van der Waals surface area (Å²) in [6.45, 7) is 0.664. The summed E-state index contributed by atoms with van der Waals surface area (Å²) < 4.78 is 2.39. The molecule has 0 atom stereocenters. The van der Waals surface area contributed by atoms with E-state index >= 15 is 0 Å². The number of amides is 1. The van der Waals surface area contributed by atoms with Crippen molar-refractivity contribution in [3.05, 3.63) is 68.2 Å². The number of aromatic nitrogens is 4. The number of anilines is 1. The molecule has 0 radical (unpaired) electrons. The van der Waals surface area contributed by atoms with Crippen molar-refractivity contribution in [2.75, 3.05) is 17.2 Å². The zero-order valence-electron chi connectivity index (χ0n) is 18.1. The summed E-state index contributed by atoms with van der Waals surface area (Å²) in [5, 5.41) is 2.56. The number of benzene rings is 1. The molecule has 33 heavy (non-hydrogen) atoms. The van der Waals surface area contributed by atoms with Gasteiger partial charge in [0.1, 0.15) is 10.4 Å². The highest BCUT2D eigenvalue weighted by Crippen LogP contribution is 2.30. The fourth-order valence-electron chi connectivity index (χ4n) is 4.05. The highest BCUT2D eigenvalue weighted by molar-refractivity contribution is 8.00. The number of hydrogen-bond donors (Lipinski definition) is 0. The number of thioether (sulfide) groups is 1. The third-order valence-corrected chi connectivity index (χ3v) is 7.58. The van der Waals surface area contributed by atoms with E-state index in [9.17, 15) is 14.4 Å². The molecule has 0 unspecified atom stereocenters. The van der Waals surface area contributed by atoms with Crippen molar-refractivity contribution in [1.82, 2.24) is 19.1 Å². The van der Waals surface area contributed by atoms with E-state index in [0.29, 0.717) is 17.4 Å². The SMILES string of the molecule is Cn1c(=O)c2c(SCC(=O)N3CCCc4ccccc43)nc(-c3cccs3)nc2n(C)c1=O. The molecule has 5 rings (SSSR count). The maximum atomic E-state index is 13.2. The molecule has 1 aliphatic rings. The lowest BCUT2D eigenvalue weighted by atomic mass is 10.0. The Balaban J connectivity index is 1.56. The highest BCUT2D eigenvalue weighted by Gasteiger charge is 2.24. The maximum Gasteiger partial charge on any atom is 0.332 e. The Morgan fingerprint density at radius 1 is 1.09 bits per heavy atom. The summed E-state index contributed by atoms with van der Waals surface area (Å²) in [7, 11) is 3.02. The van der Waals surface area contributed by atoms with Gasteiger partial charge in [-0.1, -0.05) is 36.0 Å². The van der Waals surface area contributed by atoms with Gasteiger partial charge in [-0.3, -0.25) is 18.7 Å². The minimum Gasteiger partial charge on any atom is -0.311 e. The standard InChI is InChI=1S/C23H21N5O3S2/c1-26-20-18(22(30)27(2)23(26)31)21(25-19(24-20)16-10-6-12-32-16)33-13-17(29)28-11-5-8-14-7-3-4-9-15(14)28/h3-4,6-7,9-10,12H,5,8,11,13H2,1-2H3. The molecule has 1 amide bonds. The highest BCUT2D eigenvalue weighted by atomic mass is 32.2. The van der Waals surface area contributed by atoms with Crippen molar-refractivity contribution in [3.63, 3.8) is 0 Å². The second-order valence-electron chi connectivity index (χ2n) is 7.80. The lowest BCUT2D eigenvalue weighted by Crippen LogP contribution is -2.38. The molecule has 10 heteroatoms. The van der Waals surface area contributed by atoms with Crippen molar-refractivity contribution in [2.24, 2.45) is 14.1 Å². The number of rotatable bonds is 4. The molecule has 4 heterocycles. The number of carbonyl (C=O) groups excluding carboxylic acids is 1. The van der Waals surface area contributed by atoms with E-state index in [0.717, 1.165) is 28.0 Å². The topological polar surface area (TPSA) is 90.1 Å². The zero-order valence-corrected chi connectivity index (χ0v) is 19.8. The summed E-state index contributed by atoms with van der Waals surface area (Å²) in [5.74, 6) is 0.508. The van der Waals surface area contributed by atoms with Gasteiger partial charge in [-0.15, -0.1) is 11.3 Å². The third kappa shape index (κ3) is 3.79. The Morgan fingerprint density at radius 3 is 2.70 bits per heavy atom. The molecule has 168 valence electrons. The van der Waals surface area contributed by atoms with E-state index in [1.807, 2.05) is 40.6 Å². The van der Waals surface area contributed by atoms with Crippen LogP contribution in [0.5, 0.6) is 0 Å². The second kappa shape index (κ2) is 8.60. The van der Waals surface area contributed by atoms with Crippen LogP contribution in [0.2, 0.25) is 0 Å². The molecule has 0 spiro atoms. The summed E-state index contributed by atoms with van der Waals surface area (Å²) >= 11 is 2.68. The van der Waals surface area contributed by atoms with Gasteiger partial charge in [-0.05, 0) is 35.9 Å². The largest absolute Gasteiger partial charge is 0.332 e. The van der Waals surface area contributed by atoms with Gasteiger partial charge in [0, 0.05) is 26.3 Å². The Kier molecular flexibility index (Phi) is 5.63. The second-order valence-corrected chi connectivity index (χ2v) is 9.71. The van der Waals surface area contributed by atoms with Gasteiger partial charge >= 0.3 is 5.69 Å². The van der Waals surface area contributed by atoms with E-state index < -0.39 is 11.2 Å². The molecule has 3 aromatic heterocycles. The monoisotopic (exact) mass is 479 g/mol. The van der Waals surface area contributed by atoms with Gasteiger partial charge in [-0.25, -0.2) is 14.8 Å². The molecule has 0 fully saturated rings. The van der Waals surface area contributed by atoms with Crippen LogP contribution < -0.4 is 16.1 Å². The maximum absolute atomic E-state index is 13.2. The summed E-state index contributed by atoms with van der Waals surface area (Å²) in [6.07, 6.45) is 1.87. The Labute approximate surface area is 197 Å². The van der Waals surface area contributed by atoms with Gasteiger partial charge in [-0.2, -0.15) is 0 Å². The molecular formula is C23H21N5O3S2. The van der Waals surface area contributed by atoms with Gasteiger partial charge in [0.2, 0.25) is 5.91 Å². The van der Waals surface area contributed by atoms with Crippen LogP contribution in [0.25, 0.3) is 21.7 Å². The van der Waals surface area contributed by atoms with Gasteiger partial charge in [0.15, 0.2) is 11.5 Å². The van der Waals surface area contributed by atoms with Crippen LogP contribution in [-0.4, -0.2) is 37.3 Å². The van der Waals surface area contributed by atoms with Gasteiger partial charge < -0.3 is 4.90 Å². The van der Waals surface area contributed by atoms with Crippen LogP contribution in [0.4, 0.5) is 5.69 Å². The van der Waals surface area contributed by atoms with E-state index in [1.165, 1.54) is 40.3 Å². The normalized spacial score (nSPS) is 13.3. The van der Waals surface area contributed by atoms with Crippen LogP contribution in [0, 0.1) is 0 Å². The summed E-state index contributed by atoms with van der Waals surface area (Å²) in [5.41, 5.74) is 1.45. The molecule has 1 aromatic carbocycles. The zero-order chi connectivity index (χ0) is 23.1. The average Bonchev–Trinajstić information content (AvgIpc) is 3.39. The first-order chi connectivity index (χ1) is 16.0. The predicted molar refractivity (Wildman–Crippen MR) is 131 cm³/mol. The first kappa shape index (κ1) is 21.6. The lowest BCUT2D eigenvalue weighted by Gasteiger charge is -2.29. The van der Waals surface area contributed by atoms with E-state index in [2.05, 4.69) is 16.0 Å². The van der Waals surface area contributed by atoms with Crippen molar-refractivity contribution in [3.8, 4) is 10.7 Å². The number of aryl methyl sites for hydroxylation is 2. The molecule has 0 bridgehead atoms. The molecule has 1 aliphatic heterocycles. The summed E-state index contributed by atoms with van der Waals surface area (Å²) in [6, 6.07) is 11.7. The van der Waals surface area contributed by atoms with Crippen molar-refractivity contribution >= 4 is 45.7 Å². The molecule has 0 aliphatic carbocycles. The van der Waals surface area contributed by atoms with Crippen LogP contribution in [0.1, 0.15) is 12.0 Å². The third-order valence-electron chi connectivity index (χ3n) is 5.75. The fourth-order valence-corrected chi connectivity index (χ4v) is 5.60. The Morgan fingerprint density at radius 2 is 1.91 bits per heavy atom. The molecular weight excluding hydrogens is 458 g/mol. The Hall–Kier alpha value is -3.24. The van der Waals surface area contributed by atoms with Gasteiger partial charge in [0.05, 0.1) is 10.6 Å². The first-order valence-corrected chi connectivity index (χ1v) is 12.3. The quantitative estimate of drug-likeness (QED) is 0.330. The lowest BCUT2D eigenvalue weighted by molar-refractivity contribution is -0.116. The van der Waals surface area contributed by atoms with Crippen molar-refractivity contribution < 1.29 is 4.79 Å². The number of nitrogens with zero attached hydrogens (tertiary/aromatic N) is 5. The van der Waals surface area contributed by atoms with Crippen LogP contribution in [0.3, 0.4) is 0 Å². The van der Waals surface area contributed by atoms with Crippen LogP contribution in [0.15, 0.2) is 56.4 Å². The first-order valence-electron chi connectivity index (χ1n) is 10.5. The minimum absolute atomic E-state index is 0.0433. The molecule has 0 N–H and O–H groups in total. The van der Waals surface area contributed by atoms with Crippen molar-refractivity contribution in [1.29, 1.82) is 0 Å². The van der Waals surface area contributed by atoms with Crippen molar-refractivity contribution in [2.45, 2.75) is 17.9 Å². The molecule has 4 aromatic rings. The number of thiophene rings is 1. The average molecular weight is 480 g/mol. The van der Waals surface area contributed by atoms with E-state index in [4.69, 9.17) is 0 Å². The Bertz CT molecular complexity index is 1490. The molecule has 8 nitrogen and oxygen atoms in total. The number of hydrogen-bond acceptors (Lipinski definition) is 7. The summed E-state index contributed by atoms with van der Waals surface area (Å²) in [4.78, 5) is 50.5. The van der Waals surface area contributed by atoms with Crippen LogP contribution >= 0.6 is 23.1 Å². The molecule has 0 saturated carbocycles. The number of carbonyl (C=O) groups is 1. The smallest absolute Gasteiger partial charge is 0.311 e. The molecule has 0 saturated heterocycles. The predicted octanol–water partition coefficient (Wildman–Crippen LogP) is 2.83. The van der Waals surface area contributed by atoms with E-state index in [-0.39, 0.29) is 22.7 Å². The van der Waals surface area contributed by atoms with E-state index in [1.54, 1.807) is 7.05 Å². The number of fused-ring (bicyclic) bond motifs is 2. The number of para-hydroxylation sites is 1. The van der Waals surface area contributed by atoms with Gasteiger partial charge in [0.25, 0.3) is 5.56 Å². The minimum atomic E-state index is -0.468. The fraction of sp³-hybridized carbons (Fsp3) is 0.261.